The Hall–Kier alpha value is -5.18. The molecule has 0 bridgehead atoms. The lowest BCUT2D eigenvalue weighted by Gasteiger charge is -2.27. The summed E-state index contributed by atoms with van der Waals surface area (Å²) in [6.45, 7) is 0. The van der Waals surface area contributed by atoms with Crippen LogP contribution in [0.15, 0.2) is 164 Å². The number of thiophene rings is 1. The Morgan fingerprint density at radius 3 is 1.81 bits per heavy atom. The van der Waals surface area contributed by atoms with Gasteiger partial charge in [0.05, 0.1) is 0 Å². The van der Waals surface area contributed by atoms with E-state index in [1.807, 2.05) is 11.3 Å². The Morgan fingerprint density at radius 1 is 0.357 bits per heavy atom. The van der Waals surface area contributed by atoms with Gasteiger partial charge in [-0.25, -0.2) is 0 Å². The third-order valence-corrected chi connectivity index (χ3v) is 9.17. The fraction of sp³-hybridized carbons (Fsp3) is 0. The monoisotopic (exact) mass is 553 g/mol. The van der Waals surface area contributed by atoms with Crippen LogP contribution < -0.4 is 4.90 Å². The summed E-state index contributed by atoms with van der Waals surface area (Å²) < 4.78 is 2.61. The standard InChI is InChI=1S/C40H27NS/c1-2-11-28(12-3-1)30-15-8-17-32(25-30)41(34-23-24-38-37-20-6-7-22-39(37)42-40(38)27-34)33-18-9-16-31(26-33)36-21-10-14-29-13-4-5-19-35(29)36/h1-27H. The second-order valence-corrected chi connectivity index (χ2v) is 11.7. The molecular formula is C40H27NS. The molecule has 0 aliphatic rings. The van der Waals surface area contributed by atoms with Crippen molar-refractivity contribution < 1.29 is 0 Å². The average molecular weight is 554 g/mol. The van der Waals surface area contributed by atoms with Crippen LogP contribution in [0.25, 0.3) is 53.2 Å². The Balaban J connectivity index is 1.32. The summed E-state index contributed by atoms with van der Waals surface area (Å²) in [5.41, 5.74) is 8.27. The first kappa shape index (κ1) is 24.6. The minimum absolute atomic E-state index is 1.13. The largest absolute Gasteiger partial charge is 0.310 e. The van der Waals surface area contributed by atoms with Gasteiger partial charge in [0.1, 0.15) is 0 Å². The Morgan fingerprint density at radius 2 is 0.952 bits per heavy atom. The van der Waals surface area contributed by atoms with E-state index < -0.39 is 0 Å². The van der Waals surface area contributed by atoms with Crippen molar-refractivity contribution in [2.75, 3.05) is 4.90 Å². The highest BCUT2D eigenvalue weighted by molar-refractivity contribution is 7.25. The zero-order valence-corrected chi connectivity index (χ0v) is 23.8. The molecule has 0 aliphatic heterocycles. The van der Waals surface area contributed by atoms with Crippen LogP contribution in [-0.2, 0) is 0 Å². The predicted octanol–water partition coefficient (Wildman–Crippen LogP) is 12.0. The number of hydrogen-bond acceptors (Lipinski definition) is 2. The highest BCUT2D eigenvalue weighted by Gasteiger charge is 2.17. The highest BCUT2D eigenvalue weighted by Crippen LogP contribution is 2.42. The first-order valence-electron chi connectivity index (χ1n) is 14.3. The van der Waals surface area contributed by atoms with Crippen LogP contribution in [0.3, 0.4) is 0 Å². The molecule has 0 radical (unpaired) electrons. The molecule has 0 aliphatic carbocycles. The van der Waals surface area contributed by atoms with Crippen LogP contribution in [0.4, 0.5) is 17.1 Å². The molecule has 1 heterocycles. The number of fused-ring (bicyclic) bond motifs is 4. The van der Waals surface area contributed by atoms with Crippen molar-refractivity contribution in [1.82, 2.24) is 0 Å². The molecule has 42 heavy (non-hydrogen) atoms. The first-order valence-corrected chi connectivity index (χ1v) is 15.1. The molecule has 0 atom stereocenters. The van der Waals surface area contributed by atoms with E-state index in [2.05, 4.69) is 169 Å². The van der Waals surface area contributed by atoms with Gasteiger partial charge in [0, 0.05) is 37.2 Å². The molecule has 1 nitrogen and oxygen atoms in total. The van der Waals surface area contributed by atoms with E-state index in [9.17, 15) is 0 Å². The minimum Gasteiger partial charge on any atom is -0.310 e. The molecule has 0 saturated carbocycles. The maximum atomic E-state index is 2.39. The van der Waals surface area contributed by atoms with Crippen molar-refractivity contribution in [3.8, 4) is 22.3 Å². The Labute approximate surface area is 249 Å². The van der Waals surface area contributed by atoms with Gasteiger partial charge in [-0.1, -0.05) is 121 Å². The molecule has 0 unspecified atom stereocenters. The van der Waals surface area contributed by atoms with Gasteiger partial charge in [-0.2, -0.15) is 0 Å². The Bertz CT molecular complexity index is 2200. The zero-order valence-electron chi connectivity index (χ0n) is 22.9. The second-order valence-electron chi connectivity index (χ2n) is 10.6. The number of hydrogen-bond donors (Lipinski definition) is 0. The molecule has 0 amide bonds. The van der Waals surface area contributed by atoms with Gasteiger partial charge in [0.2, 0.25) is 0 Å². The molecule has 0 fully saturated rings. The number of rotatable bonds is 5. The molecule has 2 heteroatoms. The van der Waals surface area contributed by atoms with Crippen molar-refractivity contribution in [2.24, 2.45) is 0 Å². The van der Waals surface area contributed by atoms with Crippen LogP contribution in [0.5, 0.6) is 0 Å². The summed E-state index contributed by atoms with van der Waals surface area (Å²) in [5, 5.41) is 5.14. The molecule has 7 aromatic carbocycles. The summed E-state index contributed by atoms with van der Waals surface area (Å²) in [5.74, 6) is 0. The highest BCUT2D eigenvalue weighted by atomic mass is 32.1. The summed E-state index contributed by atoms with van der Waals surface area (Å²) >= 11 is 1.86. The molecule has 0 spiro atoms. The first-order chi connectivity index (χ1) is 20.8. The predicted molar refractivity (Wildman–Crippen MR) is 182 cm³/mol. The van der Waals surface area contributed by atoms with E-state index in [1.165, 1.54) is 53.2 Å². The molecule has 0 saturated heterocycles. The van der Waals surface area contributed by atoms with Crippen LogP contribution in [0.2, 0.25) is 0 Å². The van der Waals surface area contributed by atoms with Gasteiger partial charge in [-0.15, -0.1) is 11.3 Å². The maximum Gasteiger partial charge on any atom is 0.0476 e. The minimum atomic E-state index is 1.13. The van der Waals surface area contributed by atoms with Crippen LogP contribution in [0.1, 0.15) is 0 Å². The fourth-order valence-corrected chi connectivity index (χ4v) is 7.18. The zero-order chi connectivity index (χ0) is 27.9. The number of anilines is 3. The van der Waals surface area contributed by atoms with Gasteiger partial charge in [-0.3, -0.25) is 0 Å². The topological polar surface area (TPSA) is 3.24 Å². The lowest BCUT2D eigenvalue weighted by Crippen LogP contribution is -2.10. The molecule has 0 N–H and O–H groups in total. The quantitative estimate of drug-likeness (QED) is 0.205. The van der Waals surface area contributed by atoms with Crippen molar-refractivity contribution in [3.63, 3.8) is 0 Å². The number of nitrogens with zero attached hydrogens (tertiary/aromatic N) is 1. The van der Waals surface area contributed by atoms with E-state index in [-0.39, 0.29) is 0 Å². The smallest absolute Gasteiger partial charge is 0.0476 e. The van der Waals surface area contributed by atoms with Crippen LogP contribution in [0, 0.1) is 0 Å². The van der Waals surface area contributed by atoms with Crippen molar-refractivity contribution in [2.45, 2.75) is 0 Å². The molecular weight excluding hydrogens is 527 g/mol. The van der Waals surface area contributed by atoms with E-state index in [4.69, 9.17) is 0 Å². The third kappa shape index (κ3) is 4.34. The van der Waals surface area contributed by atoms with Gasteiger partial charge in [0.25, 0.3) is 0 Å². The third-order valence-electron chi connectivity index (χ3n) is 8.04. The second kappa shape index (κ2) is 10.3. The van der Waals surface area contributed by atoms with E-state index >= 15 is 0 Å². The summed E-state index contributed by atoms with van der Waals surface area (Å²) in [4.78, 5) is 2.39. The number of benzene rings is 7. The van der Waals surface area contributed by atoms with E-state index in [0.29, 0.717) is 0 Å². The Kier molecular flexibility index (Phi) is 6.05. The lowest BCUT2D eigenvalue weighted by molar-refractivity contribution is 1.29. The van der Waals surface area contributed by atoms with E-state index in [1.54, 1.807) is 0 Å². The molecule has 8 aromatic rings. The summed E-state index contributed by atoms with van der Waals surface area (Å²) in [6, 6.07) is 59.2. The summed E-state index contributed by atoms with van der Waals surface area (Å²) in [6.07, 6.45) is 0. The average Bonchev–Trinajstić information content (AvgIpc) is 3.43. The van der Waals surface area contributed by atoms with Crippen LogP contribution in [-0.4, -0.2) is 0 Å². The lowest BCUT2D eigenvalue weighted by atomic mass is 9.97. The fourth-order valence-electron chi connectivity index (χ4n) is 6.05. The van der Waals surface area contributed by atoms with Crippen molar-refractivity contribution in [1.29, 1.82) is 0 Å². The summed E-state index contributed by atoms with van der Waals surface area (Å²) in [7, 11) is 0. The van der Waals surface area contributed by atoms with Crippen molar-refractivity contribution >= 4 is 59.3 Å². The molecule has 8 rings (SSSR count). The molecule has 1 aromatic heterocycles. The van der Waals surface area contributed by atoms with Gasteiger partial charge in [-0.05, 0) is 75.5 Å². The SMILES string of the molecule is c1ccc(-c2cccc(N(c3cccc(-c4cccc5ccccc45)c3)c3ccc4c(c3)sc3ccccc34)c2)cc1. The van der Waals surface area contributed by atoms with Gasteiger partial charge < -0.3 is 4.90 Å². The van der Waals surface area contributed by atoms with E-state index in [0.717, 1.165) is 17.1 Å². The normalized spacial score (nSPS) is 11.3. The van der Waals surface area contributed by atoms with Crippen molar-refractivity contribution in [3.05, 3.63) is 164 Å². The van der Waals surface area contributed by atoms with Gasteiger partial charge in [0.15, 0.2) is 0 Å². The van der Waals surface area contributed by atoms with Crippen LogP contribution >= 0.6 is 11.3 Å². The molecule has 198 valence electrons. The maximum absolute atomic E-state index is 2.39. The van der Waals surface area contributed by atoms with Gasteiger partial charge >= 0.3 is 0 Å².